The minimum absolute atomic E-state index is 0.0764. The van der Waals surface area contributed by atoms with Crippen molar-refractivity contribution in [2.24, 2.45) is 0 Å². The average Bonchev–Trinajstić information content (AvgIpc) is 3.17. The Kier molecular flexibility index (Phi) is 3.20. The number of nitrogens with zero attached hydrogens (tertiary/aromatic N) is 4. The van der Waals surface area contributed by atoms with Gasteiger partial charge in [0.2, 0.25) is 5.65 Å². The van der Waals surface area contributed by atoms with E-state index in [0.29, 0.717) is 15.9 Å². The van der Waals surface area contributed by atoms with Crippen LogP contribution in [0.4, 0.5) is 0 Å². The molecule has 130 valence electrons. The Hall–Kier alpha value is -2.57. The maximum atomic E-state index is 13.0. The highest BCUT2D eigenvalue weighted by atomic mass is 35.5. The van der Waals surface area contributed by atoms with Crippen LogP contribution in [0.5, 0.6) is 0 Å². The van der Waals surface area contributed by atoms with Crippen molar-refractivity contribution in [1.29, 1.82) is 0 Å². The van der Waals surface area contributed by atoms with E-state index in [1.165, 1.54) is 8.97 Å². The lowest BCUT2D eigenvalue weighted by Gasteiger charge is -2.10. The van der Waals surface area contributed by atoms with Gasteiger partial charge in [-0.3, -0.25) is 13.8 Å². The van der Waals surface area contributed by atoms with Gasteiger partial charge in [0.1, 0.15) is 0 Å². The zero-order chi connectivity index (χ0) is 22.4. The first-order valence-corrected chi connectivity index (χ1v) is 8.99. The predicted molar refractivity (Wildman–Crippen MR) is 104 cm³/mol. The molecule has 0 N–H and O–H groups in total. The highest BCUT2D eigenvalue weighted by molar-refractivity contribution is 7.98. The van der Waals surface area contributed by atoms with Crippen molar-refractivity contribution in [1.82, 2.24) is 19.2 Å². The van der Waals surface area contributed by atoms with Gasteiger partial charge in [0.05, 0.1) is 12.5 Å². The molecule has 0 amide bonds. The summed E-state index contributed by atoms with van der Waals surface area (Å²) in [5.41, 5.74) is 1.28. The number of thioether (sulfide) groups is 1. The average molecular weight is 388 g/mol. The van der Waals surface area contributed by atoms with Gasteiger partial charge in [0.15, 0.2) is 5.16 Å². The normalized spacial score (nSPS) is 13.8. The van der Waals surface area contributed by atoms with Gasteiger partial charge in [-0.05, 0) is 30.2 Å². The molecule has 5 nitrogen and oxygen atoms in total. The molecule has 26 heavy (non-hydrogen) atoms. The van der Waals surface area contributed by atoms with Gasteiger partial charge in [0, 0.05) is 23.2 Å². The Morgan fingerprint density at radius 3 is 2.81 bits per heavy atom. The molecular formula is C19H15ClN4OS. The Morgan fingerprint density at radius 2 is 2.00 bits per heavy atom. The smallest absolute Gasteiger partial charge is 0.279 e. The van der Waals surface area contributed by atoms with Crippen LogP contribution in [-0.2, 0) is 5.75 Å². The van der Waals surface area contributed by atoms with Gasteiger partial charge in [-0.1, -0.05) is 59.6 Å². The maximum absolute atomic E-state index is 13.0. The van der Waals surface area contributed by atoms with Crippen molar-refractivity contribution in [3.8, 4) is 5.69 Å². The van der Waals surface area contributed by atoms with Crippen LogP contribution >= 0.6 is 23.4 Å². The van der Waals surface area contributed by atoms with Crippen molar-refractivity contribution in [2.75, 3.05) is 0 Å². The van der Waals surface area contributed by atoms with Crippen LogP contribution in [-0.4, -0.2) is 19.2 Å². The molecule has 0 saturated carbocycles. The van der Waals surface area contributed by atoms with E-state index in [1.54, 1.807) is 30.6 Å². The summed E-state index contributed by atoms with van der Waals surface area (Å²) >= 11 is 7.30. The van der Waals surface area contributed by atoms with Gasteiger partial charge in [-0.15, -0.1) is 10.2 Å². The molecule has 0 aliphatic heterocycles. The van der Waals surface area contributed by atoms with Gasteiger partial charge in [0.25, 0.3) is 0 Å². The Labute approximate surface area is 166 Å². The standard InChI is InChI=1S/C19H15ClN4OS/c1-13-15(20)8-5-9-16(13)23-10-11-24-17(18(23)25)21-22-19(24)26-12-14-6-3-2-4-7-14/h2-11H,12H2,1H3/i2D,3D,4D,6D,7D. The third-order valence-electron chi connectivity index (χ3n) is 3.84. The topological polar surface area (TPSA) is 52.2 Å². The second kappa shape index (κ2) is 6.97. The fraction of sp³-hybridized carbons (Fsp3) is 0.105. The zero-order valence-electron chi connectivity index (χ0n) is 18.6. The van der Waals surface area contributed by atoms with E-state index >= 15 is 0 Å². The van der Waals surface area contributed by atoms with Crippen LogP contribution in [0.3, 0.4) is 0 Å². The second-order valence-corrected chi connectivity index (χ2v) is 6.78. The van der Waals surface area contributed by atoms with Crippen LogP contribution in [0.1, 0.15) is 18.0 Å². The highest BCUT2D eigenvalue weighted by Crippen LogP contribution is 2.23. The number of benzene rings is 2. The van der Waals surface area contributed by atoms with Crippen LogP contribution in [0.2, 0.25) is 5.02 Å². The zero-order valence-corrected chi connectivity index (χ0v) is 15.1. The summed E-state index contributed by atoms with van der Waals surface area (Å²) in [7, 11) is 0. The van der Waals surface area contributed by atoms with Crippen molar-refractivity contribution in [2.45, 2.75) is 17.8 Å². The van der Waals surface area contributed by atoms with E-state index < -0.39 is 6.04 Å². The molecule has 2 aromatic carbocycles. The molecule has 0 aliphatic rings. The molecule has 0 radical (unpaired) electrons. The van der Waals surface area contributed by atoms with E-state index in [4.69, 9.17) is 18.5 Å². The largest absolute Gasteiger partial charge is 0.300 e. The van der Waals surface area contributed by atoms with Crippen LogP contribution < -0.4 is 5.56 Å². The summed E-state index contributed by atoms with van der Waals surface area (Å²) in [6.45, 7) is 1.82. The molecule has 0 bridgehead atoms. The lowest BCUT2D eigenvalue weighted by atomic mass is 10.2. The molecule has 2 aromatic heterocycles. The van der Waals surface area contributed by atoms with Crippen molar-refractivity contribution in [3.63, 3.8) is 0 Å². The molecule has 7 heteroatoms. The fourth-order valence-corrected chi connectivity index (χ4v) is 3.47. The minimum atomic E-state index is -0.437. The van der Waals surface area contributed by atoms with Crippen molar-refractivity contribution in [3.05, 3.63) is 87.3 Å². The summed E-state index contributed by atoms with van der Waals surface area (Å²) in [5, 5.41) is 8.95. The van der Waals surface area contributed by atoms with Gasteiger partial charge >= 0.3 is 5.56 Å². The summed E-state index contributed by atoms with van der Waals surface area (Å²) in [6.07, 6.45) is 3.23. The minimum Gasteiger partial charge on any atom is -0.279 e. The Balaban J connectivity index is 1.71. The van der Waals surface area contributed by atoms with E-state index in [2.05, 4.69) is 10.2 Å². The van der Waals surface area contributed by atoms with Crippen molar-refractivity contribution >= 4 is 29.0 Å². The van der Waals surface area contributed by atoms with Gasteiger partial charge in [-0.25, -0.2) is 0 Å². The first-order chi connectivity index (χ1) is 14.7. The van der Waals surface area contributed by atoms with E-state index in [1.807, 2.05) is 6.92 Å². The molecule has 0 unspecified atom stereocenters. The summed E-state index contributed by atoms with van der Waals surface area (Å²) < 4.78 is 42.3. The summed E-state index contributed by atoms with van der Waals surface area (Å²) in [6, 6.07) is 3.56. The number of halogens is 1. The maximum Gasteiger partial charge on any atom is 0.300 e. The SMILES string of the molecule is [2H]c1c([2H])c([2H])c(CSc2nnc3c(=O)n(-c4cccc(Cl)c4C)ccn23)c([2H])c1[2H]. The van der Waals surface area contributed by atoms with E-state index in [9.17, 15) is 4.79 Å². The van der Waals surface area contributed by atoms with Crippen LogP contribution in [0.25, 0.3) is 11.3 Å². The van der Waals surface area contributed by atoms with Crippen molar-refractivity contribution < 1.29 is 6.85 Å². The van der Waals surface area contributed by atoms with Crippen LogP contribution in [0, 0.1) is 6.92 Å². The third kappa shape index (κ3) is 3.02. The first-order valence-electron chi connectivity index (χ1n) is 10.1. The molecule has 0 fully saturated rings. The summed E-state index contributed by atoms with van der Waals surface area (Å²) in [4.78, 5) is 13.0. The Bertz CT molecular complexity index is 1380. The lowest BCUT2D eigenvalue weighted by Crippen LogP contribution is -2.21. The summed E-state index contributed by atoms with van der Waals surface area (Å²) in [5.74, 6) is 0.0764. The molecule has 0 spiro atoms. The first kappa shape index (κ1) is 11.9. The monoisotopic (exact) mass is 387 g/mol. The van der Waals surface area contributed by atoms with Crippen LogP contribution in [0.15, 0.2) is 70.8 Å². The number of rotatable bonds is 4. The molecule has 0 saturated heterocycles. The molecule has 4 rings (SSSR count). The number of aromatic nitrogens is 4. The highest BCUT2D eigenvalue weighted by Gasteiger charge is 2.13. The fourth-order valence-electron chi connectivity index (χ4n) is 2.50. The second-order valence-electron chi connectivity index (χ2n) is 5.43. The molecule has 0 aliphatic carbocycles. The number of hydrogen-bond donors (Lipinski definition) is 0. The van der Waals surface area contributed by atoms with Gasteiger partial charge in [-0.2, -0.15) is 0 Å². The third-order valence-corrected chi connectivity index (χ3v) is 5.21. The predicted octanol–water partition coefficient (Wildman–Crippen LogP) is 4.13. The molecule has 4 aromatic rings. The quantitative estimate of drug-likeness (QED) is 0.494. The number of hydrogen-bond acceptors (Lipinski definition) is 4. The molecule has 0 atom stereocenters. The molecule has 2 heterocycles. The Morgan fingerprint density at radius 1 is 1.19 bits per heavy atom. The molecular weight excluding hydrogens is 368 g/mol. The van der Waals surface area contributed by atoms with E-state index in [-0.39, 0.29) is 46.7 Å². The van der Waals surface area contributed by atoms with E-state index in [0.717, 1.165) is 17.3 Å². The number of fused-ring (bicyclic) bond motifs is 1. The lowest BCUT2D eigenvalue weighted by molar-refractivity contribution is 0.890. The van der Waals surface area contributed by atoms with Gasteiger partial charge < -0.3 is 0 Å².